The Morgan fingerprint density at radius 3 is 2.96 bits per heavy atom. The van der Waals surface area contributed by atoms with Crippen LogP contribution in [-0.2, 0) is 0 Å². The molecule has 4 rings (SSSR count). The summed E-state index contributed by atoms with van der Waals surface area (Å²) in [6.45, 7) is 5.05. The fourth-order valence-corrected chi connectivity index (χ4v) is 4.00. The number of anilines is 2. The summed E-state index contributed by atoms with van der Waals surface area (Å²) in [6.07, 6.45) is 0. The average Bonchev–Trinajstić information content (AvgIpc) is 2.62. The quantitative estimate of drug-likeness (QED) is 0.784. The Morgan fingerprint density at radius 1 is 1.25 bits per heavy atom. The van der Waals surface area contributed by atoms with Gasteiger partial charge in [0.2, 0.25) is 0 Å². The summed E-state index contributed by atoms with van der Waals surface area (Å²) < 4.78 is 0. The van der Waals surface area contributed by atoms with Gasteiger partial charge in [0, 0.05) is 43.6 Å². The minimum Gasteiger partial charge on any atom is -0.507 e. The molecule has 126 valence electrons. The number of piperazine rings is 1. The van der Waals surface area contributed by atoms with Crippen molar-refractivity contribution < 1.29 is 5.11 Å². The van der Waals surface area contributed by atoms with Crippen molar-refractivity contribution >= 4 is 27.4 Å². The molecule has 0 aliphatic carbocycles. The van der Waals surface area contributed by atoms with E-state index < -0.39 is 0 Å². The predicted octanol–water partition coefficient (Wildman–Crippen LogP) is 2.16. The molecule has 0 radical (unpaired) electrons. The molecule has 1 atom stereocenters. The van der Waals surface area contributed by atoms with Crippen LogP contribution >= 0.6 is 15.9 Å². The van der Waals surface area contributed by atoms with Crippen LogP contribution in [0.3, 0.4) is 0 Å². The second kappa shape index (κ2) is 6.57. The maximum Gasteiger partial charge on any atom is 0.172 e. The van der Waals surface area contributed by atoms with Gasteiger partial charge in [0.25, 0.3) is 0 Å². The van der Waals surface area contributed by atoms with Crippen LogP contribution in [0.1, 0.15) is 0 Å². The first-order chi connectivity index (χ1) is 11.8. The van der Waals surface area contributed by atoms with Crippen molar-refractivity contribution in [1.82, 2.24) is 15.1 Å². The molecular weight excluding hydrogens is 370 g/mol. The fraction of sp³-hybridized carbons (Fsp3) is 0.412. The van der Waals surface area contributed by atoms with E-state index in [9.17, 15) is 5.11 Å². The molecule has 1 unspecified atom stereocenters. The van der Waals surface area contributed by atoms with Crippen molar-refractivity contribution in [2.75, 3.05) is 48.3 Å². The lowest BCUT2D eigenvalue weighted by molar-refractivity contribution is 0.237. The normalized spacial score (nSPS) is 20.2. The molecular formula is C17H20BrN5O. The fourth-order valence-electron chi connectivity index (χ4n) is 3.50. The predicted molar refractivity (Wildman–Crippen MR) is 99.0 cm³/mol. The van der Waals surface area contributed by atoms with Crippen molar-refractivity contribution in [1.29, 1.82) is 0 Å². The number of aromatic nitrogens is 2. The number of fused-ring (bicyclic) bond motifs is 3. The molecule has 0 spiro atoms. The molecule has 2 aliphatic rings. The van der Waals surface area contributed by atoms with E-state index in [1.165, 1.54) is 0 Å². The number of alkyl halides is 1. The van der Waals surface area contributed by atoms with Crippen LogP contribution in [0.5, 0.6) is 5.75 Å². The highest BCUT2D eigenvalue weighted by Crippen LogP contribution is 2.35. The van der Waals surface area contributed by atoms with E-state index in [4.69, 9.17) is 0 Å². The molecule has 0 saturated carbocycles. The van der Waals surface area contributed by atoms with Crippen molar-refractivity contribution in [3.8, 4) is 17.0 Å². The van der Waals surface area contributed by atoms with Gasteiger partial charge in [0.15, 0.2) is 5.82 Å². The summed E-state index contributed by atoms with van der Waals surface area (Å²) in [6, 6.07) is 9.73. The second-order valence-electron chi connectivity index (χ2n) is 6.20. The van der Waals surface area contributed by atoms with Gasteiger partial charge in [0.1, 0.15) is 5.75 Å². The van der Waals surface area contributed by atoms with Gasteiger partial charge in [0.05, 0.1) is 17.4 Å². The number of nitrogens with zero attached hydrogens (tertiary/aromatic N) is 4. The van der Waals surface area contributed by atoms with E-state index >= 15 is 0 Å². The highest BCUT2D eigenvalue weighted by Gasteiger charge is 2.32. The highest BCUT2D eigenvalue weighted by atomic mass is 79.9. The van der Waals surface area contributed by atoms with Gasteiger partial charge in [-0.1, -0.05) is 28.1 Å². The molecule has 1 aromatic heterocycles. The first-order valence-electron chi connectivity index (χ1n) is 8.21. The lowest BCUT2D eigenvalue weighted by Crippen LogP contribution is -2.58. The summed E-state index contributed by atoms with van der Waals surface area (Å²) in [7, 11) is 0. The third-order valence-corrected chi connectivity index (χ3v) is 5.09. The number of rotatable bonds is 3. The zero-order valence-corrected chi connectivity index (χ0v) is 14.9. The van der Waals surface area contributed by atoms with Crippen molar-refractivity contribution in [3.05, 3.63) is 30.3 Å². The number of hydrogen-bond donors (Lipinski definition) is 2. The Bertz CT molecular complexity index is 741. The Kier molecular flexibility index (Phi) is 4.28. The molecule has 0 amide bonds. The van der Waals surface area contributed by atoms with Gasteiger partial charge < -0.3 is 15.3 Å². The molecule has 0 bridgehead atoms. The van der Waals surface area contributed by atoms with Gasteiger partial charge in [-0.05, 0) is 18.2 Å². The summed E-state index contributed by atoms with van der Waals surface area (Å²) in [5.41, 5.74) is 2.50. The zero-order chi connectivity index (χ0) is 16.5. The van der Waals surface area contributed by atoms with E-state index in [1.54, 1.807) is 6.07 Å². The molecule has 2 aliphatic heterocycles. The van der Waals surface area contributed by atoms with Crippen LogP contribution in [-0.4, -0.2) is 64.3 Å². The molecule has 1 fully saturated rings. The van der Waals surface area contributed by atoms with Gasteiger partial charge >= 0.3 is 0 Å². The van der Waals surface area contributed by atoms with E-state index in [-0.39, 0.29) is 5.75 Å². The average molecular weight is 390 g/mol. The number of phenolic OH excluding ortho intramolecular Hbond substituents is 1. The van der Waals surface area contributed by atoms with Gasteiger partial charge in [-0.3, -0.25) is 4.90 Å². The first kappa shape index (κ1) is 15.7. The molecule has 3 heterocycles. The number of phenols is 1. The van der Waals surface area contributed by atoms with Crippen LogP contribution in [0.4, 0.5) is 11.5 Å². The van der Waals surface area contributed by atoms with E-state index in [2.05, 4.69) is 41.2 Å². The number of para-hydroxylation sites is 1. The summed E-state index contributed by atoms with van der Waals surface area (Å²) in [4.78, 5) is 4.91. The lowest BCUT2D eigenvalue weighted by Gasteiger charge is -2.45. The molecule has 2 aromatic rings. The third-order valence-electron chi connectivity index (χ3n) is 4.74. The minimum atomic E-state index is 0.231. The lowest BCUT2D eigenvalue weighted by atomic mass is 10.1. The van der Waals surface area contributed by atoms with E-state index in [0.717, 1.165) is 49.6 Å². The Hall–Kier alpha value is -1.86. The van der Waals surface area contributed by atoms with Crippen LogP contribution in [0.15, 0.2) is 30.3 Å². The molecule has 2 N–H and O–H groups in total. The van der Waals surface area contributed by atoms with E-state index in [0.29, 0.717) is 17.3 Å². The van der Waals surface area contributed by atoms with Gasteiger partial charge in [-0.25, -0.2) is 0 Å². The van der Waals surface area contributed by atoms with Crippen LogP contribution in [0.2, 0.25) is 0 Å². The summed E-state index contributed by atoms with van der Waals surface area (Å²) in [5, 5.41) is 23.1. The van der Waals surface area contributed by atoms with Gasteiger partial charge in [-0.15, -0.1) is 10.2 Å². The molecule has 7 heteroatoms. The Balaban J connectivity index is 1.65. The minimum absolute atomic E-state index is 0.231. The number of halogens is 1. The largest absolute Gasteiger partial charge is 0.507 e. The Morgan fingerprint density at radius 2 is 2.12 bits per heavy atom. The zero-order valence-electron chi connectivity index (χ0n) is 13.3. The number of aromatic hydroxyl groups is 1. The van der Waals surface area contributed by atoms with Crippen LogP contribution in [0, 0.1) is 0 Å². The Labute approximate surface area is 149 Å². The number of nitrogens with one attached hydrogen (secondary N) is 1. The standard InChI is InChI=1S/C17H20BrN5O/c18-5-6-22-7-8-23-12(11-22)10-19-17-15(23)9-14(20-21-17)13-3-1-2-4-16(13)24/h1-4,9,12,24H,5-8,10-11H2,(H,19,21). The number of hydrogen-bond acceptors (Lipinski definition) is 6. The summed E-state index contributed by atoms with van der Waals surface area (Å²) >= 11 is 3.53. The monoisotopic (exact) mass is 389 g/mol. The topological polar surface area (TPSA) is 64.5 Å². The number of benzene rings is 1. The van der Waals surface area contributed by atoms with Crippen molar-refractivity contribution in [3.63, 3.8) is 0 Å². The molecule has 24 heavy (non-hydrogen) atoms. The smallest absolute Gasteiger partial charge is 0.172 e. The first-order valence-corrected chi connectivity index (χ1v) is 9.33. The van der Waals surface area contributed by atoms with Crippen molar-refractivity contribution in [2.24, 2.45) is 0 Å². The SMILES string of the molecule is Oc1ccccc1-c1cc2c(nn1)NCC1CN(CCBr)CCN21. The maximum absolute atomic E-state index is 10.1. The van der Waals surface area contributed by atoms with Crippen LogP contribution < -0.4 is 10.2 Å². The molecule has 6 nitrogen and oxygen atoms in total. The molecule has 1 saturated heterocycles. The van der Waals surface area contributed by atoms with Crippen molar-refractivity contribution in [2.45, 2.75) is 6.04 Å². The summed E-state index contributed by atoms with van der Waals surface area (Å²) in [5.74, 6) is 1.06. The van der Waals surface area contributed by atoms with E-state index in [1.807, 2.05) is 24.3 Å². The molecule has 1 aromatic carbocycles. The highest BCUT2D eigenvalue weighted by molar-refractivity contribution is 9.09. The van der Waals surface area contributed by atoms with Crippen LogP contribution in [0.25, 0.3) is 11.3 Å². The third kappa shape index (κ3) is 2.82. The second-order valence-corrected chi connectivity index (χ2v) is 6.99. The van der Waals surface area contributed by atoms with Gasteiger partial charge in [-0.2, -0.15) is 0 Å². The maximum atomic E-state index is 10.1.